The maximum atomic E-state index is 4.82. The van der Waals surface area contributed by atoms with Gasteiger partial charge in [-0.1, -0.05) is 0 Å². The van der Waals surface area contributed by atoms with Gasteiger partial charge >= 0.3 is 0 Å². The van der Waals surface area contributed by atoms with Crippen molar-refractivity contribution in [2.24, 2.45) is 0 Å². The van der Waals surface area contributed by atoms with Crippen LogP contribution in [0.15, 0.2) is 53.9 Å². The molecule has 0 radical (unpaired) electrons. The summed E-state index contributed by atoms with van der Waals surface area (Å²) in [6.45, 7) is 4.36. The molecule has 164 valence electrons. The second kappa shape index (κ2) is 7.24. The van der Waals surface area contributed by atoms with Crippen LogP contribution in [0.25, 0.3) is 46.4 Å². The van der Waals surface area contributed by atoms with Gasteiger partial charge in [-0.15, -0.1) is 0 Å². The van der Waals surface area contributed by atoms with Crippen molar-refractivity contribution < 1.29 is 0 Å². The first-order valence-corrected chi connectivity index (χ1v) is 11.2. The molecule has 0 aromatic carbocycles. The molecule has 3 aliphatic rings. The SMILES string of the molecule is CC1=C(C)N(C)C(c2cc3cc4ccc(cc5nc(cc6nc(cc2[nH]3)C=C6)C=C5)[nH]4)N1C. The van der Waals surface area contributed by atoms with E-state index in [0.29, 0.717) is 0 Å². The molecule has 3 aliphatic heterocycles. The van der Waals surface area contributed by atoms with Gasteiger partial charge in [-0.3, -0.25) is 0 Å². The molecule has 0 atom stereocenters. The molecule has 0 spiro atoms. The summed E-state index contributed by atoms with van der Waals surface area (Å²) in [5.74, 6) is 0. The maximum absolute atomic E-state index is 4.82. The molecule has 0 unspecified atom stereocenters. The van der Waals surface area contributed by atoms with Crippen LogP contribution in [-0.4, -0.2) is 43.8 Å². The van der Waals surface area contributed by atoms with Crippen molar-refractivity contribution in [3.8, 4) is 0 Å². The van der Waals surface area contributed by atoms with Crippen LogP contribution in [0.2, 0.25) is 0 Å². The Morgan fingerprint density at radius 3 is 1.82 bits per heavy atom. The molecule has 33 heavy (non-hydrogen) atoms. The van der Waals surface area contributed by atoms with Crippen molar-refractivity contribution in [3.63, 3.8) is 0 Å². The summed E-state index contributed by atoms with van der Waals surface area (Å²) in [7, 11) is 4.31. The smallest absolute Gasteiger partial charge is 0.129 e. The molecule has 8 bridgehead atoms. The van der Waals surface area contributed by atoms with E-state index >= 15 is 0 Å². The molecule has 0 amide bonds. The lowest BCUT2D eigenvalue weighted by molar-refractivity contribution is 0.194. The van der Waals surface area contributed by atoms with Crippen LogP contribution in [-0.2, 0) is 0 Å². The van der Waals surface area contributed by atoms with Crippen molar-refractivity contribution >= 4 is 46.4 Å². The number of aromatic amines is 2. The van der Waals surface area contributed by atoms with Crippen molar-refractivity contribution in [1.29, 1.82) is 0 Å². The summed E-state index contributed by atoms with van der Waals surface area (Å²) in [6, 6.07) is 14.8. The van der Waals surface area contributed by atoms with Gasteiger partial charge in [-0.05, 0) is 80.6 Å². The number of aromatic nitrogens is 4. The minimum atomic E-state index is 0.122. The Hall–Kier alpha value is -4.06. The molecule has 0 fully saturated rings. The number of nitrogens with one attached hydrogen (secondary N) is 2. The predicted octanol–water partition coefficient (Wildman–Crippen LogP) is 5.78. The van der Waals surface area contributed by atoms with Crippen LogP contribution in [0, 0.1) is 0 Å². The Balaban J connectivity index is 1.63. The van der Waals surface area contributed by atoms with Gasteiger partial charge in [0.25, 0.3) is 0 Å². The maximum Gasteiger partial charge on any atom is 0.129 e. The molecule has 6 heterocycles. The lowest BCUT2D eigenvalue weighted by atomic mass is 10.1. The highest BCUT2D eigenvalue weighted by Gasteiger charge is 2.31. The highest BCUT2D eigenvalue weighted by molar-refractivity contribution is 5.78. The first-order valence-electron chi connectivity index (χ1n) is 11.2. The highest BCUT2D eigenvalue weighted by Crippen LogP contribution is 2.38. The van der Waals surface area contributed by atoms with Gasteiger partial charge < -0.3 is 19.8 Å². The quantitative estimate of drug-likeness (QED) is 0.351. The van der Waals surface area contributed by atoms with E-state index in [-0.39, 0.29) is 6.17 Å². The van der Waals surface area contributed by atoms with E-state index in [1.807, 2.05) is 24.3 Å². The van der Waals surface area contributed by atoms with Gasteiger partial charge in [0, 0.05) is 53.1 Å². The highest BCUT2D eigenvalue weighted by atomic mass is 15.4. The van der Waals surface area contributed by atoms with Gasteiger partial charge in [-0.2, -0.15) is 0 Å². The average Bonchev–Trinajstić information content (AvgIpc) is 3.60. The zero-order valence-corrected chi connectivity index (χ0v) is 19.2. The van der Waals surface area contributed by atoms with E-state index in [1.165, 1.54) is 17.0 Å². The zero-order valence-electron chi connectivity index (χ0n) is 19.2. The molecule has 6 heteroatoms. The number of nitrogens with zero attached hydrogens (tertiary/aromatic N) is 4. The minimum Gasteiger partial charge on any atom is -0.355 e. The molecule has 0 saturated carbocycles. The van der Waals surface area contributed by atoms with Crippen molar-refractivity contribution in [3.05, 3.63) is 82.2 Å². The molecule has 0 saturated heterocycles. The standard InChI is InChI=1S/C27H26N6/c1-16-17(2)33(4)27(32(16)3)25-14-24-13-22-8-7-20(29-22)11-18-5-6-19(28-18)12-21-9-10-23(30-21)15-26(25)31-24/h5-15,27,29,31H,1-4H3. The van der Waals surface area contributed by atoms with Crippen LogP contribution in [0.5, 0.6) is 0 Å². The van der Waals surface area contributed by atoms with Gasteiger partial charge in [0.15, 0.2) is 0 Å². The fraction of sp³-hybridized carbons (Fsp3) is 0.185. The summed E-state index contributed by atoms with van der Waals surface area (Å²) in [6.07, 6.45) is 8.27. The number of allylic oxidation sites excluding steroid dienone is 2. The number of hydrogen-bond acceptors (Lipinski definition) is 4. The van der Waals surface area contributed by atoms with Gasteiger partial charge in [0.05, 0.1) is 22.8 Å². The minimum absolute atomic E-state index is 0.122. The topological polar surface area (TPSA) is 63.8 Å². The van der Waals surface area contributed by atoms with E-state index < -0.39 is 0 Å². The second-order valence-corrected chi connectivity index (χ2v) is 8.90. The molecular formula is C27H26N6. The second-order valence-electron chi connectivity index (χ2n) is 8.90. The average molecular weight is 435 g/mol. The number of hydrogen-bond donors (Lipinski definition) is 2. The lowest BCUT2D eigenvalue weighted by Gasteiger charge is -2.29. The largest absolute Gasteiger partial charge is 0.355 e. The fourth-order valence-electron chi connectivity index (χ4n) is 4.81. The summed E-state index contributed by atoms with van der Waals surface area (Å²) in [4.78, 5) is 21.3. The third kappa shape index (κ3) is 3.35. The van der Waals surface area contributed by atoms with Crippen LogP contribution in [0.3, 0.4) is 0 Å². The van der Waals surface area contributed by atoms with E-state index in [0.717, 1.165) is 44.8 Å². The lowest BCUT2D eigenvalue weighted by Crippen LogP contribution is -2.27. The molecular weight excluding hydrogens is 408 g/mol. The van der Waals surface area contributed by atoms with Crippen LogP contribution in [0.1, 0.15) is 48.4 Å². The van der Waals surface area contributed by atoms with E-state index in [9.17, 15) is 0 Å². The molecule has 3 aromatic heterocycles. The van der Waals surface area contributed by atoms with Gasteiger partial charge in [-0.25, -0.2) is 9.97 Å². The van der Waals surface area contributed by atoms with Crippen molar-refractivity contribution in [2.45, 2.75) is 20.0 Å². The van der Waals surface area contributed by atoms with Crippen LogP contribution in [0.4, 0.5) is 0 Å². The summed E-state index contributed by atoms with van der Waals surface area (Å²) in [5.41, 5.74) is 11.6. The number of H-pyrrole nitrogens is 2. The normalized spacial score (nSPS) is 15.9. The van der Waals surface area contributed by atoms with E-state index in [4.69, 9.17) is 9.97 Å². The van der Waals surface area contributed by atoms with Gasteiger partial charge in [0.1, 0.15) is 6.17 Å². The van der Waals surface area contributed by atoms with Gasteiger partial charge in [0.2, 0.25) is 0 Å². The van der Waals surface area contributed by atoms with E-state index in [1.54, 1.807) is 0 Å². The number of fused-ring (bicyclic) bond motifs is 8. The Morgan fingerprint density at radius 2 is 1.18 bits per heavy atom. The van der Waals surface area contributed by atoms with Crippen LogP contribution >= 0.6 is 0 Å². The summed E-state index contributed by atoms with van der Waals surface area (Å²) in [5, 5.41) is 0. The molecule has 6 rings (SSSR count). The first-order chi connectivity index (χ1) is 15.9. The summed E-state index contributed by atoms with van der Waals surface area (Å²) >= 11 is 0. The zero-order chi connectivity index (χ0) is 22.7. The monoisotopic (exact) mass is 434 g/mol. The third-order valence-electron chi connectivity index (χ3n) is 6.79. The number of rotatable bonds is 1. The first kappa shape index (κ1) is 19.6. The Morgan fingerprint density at radius 1 is 0.636 bits per heavy atom. The molecule has 6 nitrogen and oxygen atoms in total. The summed E-state index contributed by atoms with van der Waals surface area (Å²) < 4.78 is 0. The van der Waals surface area contributed by atoms with Crippen molar-refractivity contribution in [1.82, 2.24) is 29.7 Å². The fourth-order valence-corrected chi connectivity index (χ4v) is 4.81. The van der Waals surface area contributed by atoms with Crippen molar-refractivity contribution in [2.75, 3.05) is 14.1 Å². The molecule has 3 aromatic rings. The Bertz CT molecular complexity index is 1510. The molecule has 0 aliphatic carbocycles. The Labute approximate surface area is 192 Å². The van der Waals surface area contributed by atoms with Crippen LogP contribution < -0.4 is 0 Å². The molecule has 2 N–H and O–H groups in total. The van der Waals surface area contributed by atoms with E-state index in [2.05, 4.69) is 90.2 Å². The Kier molecular flexibility index (Phi) is 4.30. The predicted molar refractivity (Wildman–Crippen MR) is 135 cm³/mol. The third-order valence-corrected chi connectivity index (χ3v) is 6.79.